The molecule has 66 valence electrons. The second-order valence-electron chi connectivity index (χ2n) is 3.09. The molecular formula is C9H18O2. The molecule has 0 aromatic heterocycles. The van der Waals surface area contributed by atoms with Crippen molar-refractivity contribution in [3.05, 3.63) is 0 Å². The lowest BCUT2D eigenvalue weighted by molar-refractivity contribution is 0.113. The lowest BCUT2D eigenvalue weighted by Crippen LogP contribution is -2.02. The predicted octanol–water partition coefficient (Wildman–Crippen LogP) is 1.98. The zero-order valence-corrected chi connectivity index (χ0v) is 7.34. The highest BCUT2D eigenvalue weighted by molar-refractivity contribution is 4.66. The molecule has 1 heterocycles. The first-order valence-electron chi connectivity index (χ1n) is 4.63. The van der Waals surface area contributed by atoms with Gasteiger partial charge in [-0.05, 0) is 6.42 Å². The minimum atomic E-state index is 0.432. The van der Waals surface area contributed by atoms with Gasteiger partial charge in [-0.2, -0.15) is 0 Å². The lowest BCUT2D eigenvalue weighted by Gasteiger charge is -2.00. The van der Waals surface area contributed by atoms with E-state index in [4.69, 9.17) is 9.47 Å². The third-order valence-electron chi connectivity index (χ3n) is 1.85. The van der Waals surface area contributed by atoms with Crippen LogP contribution in [0.25, 0.3) is 0 Å². The third kappa shape index (κ3) is 5.22. The van der Waals surface area contributed by atoms with Crippen LogP contribution in [-0.4, -0.2) is 25.9 Å². The van der Waals surface area contributed by atoms with Gasteiger partial charge < -0.3 is 9.47 Å². The van der Waals surface area contributed by atoms with Crippen molar-refractivity contribution >= 4 is 0 Å². The predicted molar refractivity (Wildman–Crippen MR) is 44.7 cm³/mol. The number of unbranched alkanes of at least 4 members (excludes halogenated alkanes) is 3. The van der Waals surface area contributed by atoms with Gasteiger partial charge in [-0.1, -0.05) is 26.2 Å². The van der Waals surface area contributed by atoms with Crippen LogP contribution in [0.15, 0.2) is 0 Å². The molecule has 0 spiro atoms. The van der Waals surface area contributed by atoms with Gasteiger partial charge in [0.05, 0.1) is 13.2 Å². The second-order valence-corrected chi connectivity index (χ2v) is 3.09. The average Bonchev–Trinajstić information content (AvgIpc) is 2.80. The quantitative estimate of drug-likeness (QED) is 0.417. The molecule has 1 fully saturated rings. The third-order valence-corrected chi connectivity index (χ3v) is 1.85. The van der Waals surface area contributed by atoms with Crippen molar-refractivity contribution in [1.29, 1.82) is 0 Å². The van der Waals surface area contributed by atoms with Gasteiger partial charge in [-0.15, -0.1) is 0 Å². The molecule has 0 radical (unpaired) electrons. The van der Waals surface area contributed by atoms with E-state index in [9.17, 15) is 0 Å². The molecule has 0 aromatic rings. The van der Waals surface area contributed by atoms with Crippen LogP contribution >= 0.6 is 0 Å². The molecule has 11 heavy (non-hydrogen) atoms. The Bertz CT molecular complexity index is 89.6. The Labute approximate surface area is 68.9 Å². The molecule has 0 bridgehead atoms. The van der Waals surface area contributed by atoms with Crippen molar-refractivity contribution in [2.75, 3.05) is 19.8 Å². The van der Waals surface area contributed by atoms with Crippen LogP contribution in [0.3, 0.4) is 0 Å². The molecule has 1 unspecified atom stereocenters. The summed E-state index contributed by atoms with van der Waals surface area (Å²) in [6, 6.07) is 0. The van der Waals surface area contributed by atoms with Crippen molar-refractivity contribution < 1.29 is 9.47 Å². The number of hydrogen-bond acceptors (Lipinski definition) is 2. The highest BCUT2D eigenvalue weighted by atomic mass is 16.6. The maximum atomic E-state index is 5.38. The molecule has 2 heteroatoms. The largest absolute Gasteiger partial charge is 0.379 e. The van der Waals surface area contributed by atoms with Crippen molar-refractivity contribution in [2.24, 2.45) is 0 Å². The van der Waals surface area contributed by atoms with Crippen LogP contribution in [0.1, 0.15) is 32.6 Å². The Morgan fingerprint density at radius 3 is 2.82 bits per heavy atom. The van der Waals surface area contributed by atoms with Crippen LogP contribution in [-0.2, 0) is 9.47 Å². The van der Waals surface area contributed by atoms with E-state index in [1.165, 1.54) is 25.7 Å². The van der Waals surface area contributed by atoms with Crippen LogP contribution in [0, 0.1) is 0 Å². The maximum Gasteiger partial charge on any atom is 0.104 e. The number of ether oxygens (including phenoxy) is 2. The van der Waals surface area contributed by atoms with E-state index >= 15 is 0 Å². The number of rotatable bonds is 7. The SMILES string of the molecule is CCCCCCOCC1CO1. The van der Waals surface area contributed by atoms with Gasteiger partial charge in [0.25, 0.3) is 0 Å². The van der Waals surface area contributed by atoms with E-state index < -0.39 is 0 Å². The summed E-state index contributed by atoms with van der Waals surface area (Å²) in [6.45, 7) is 4.86. The summed E-state index contributed by atoms with van der Waals surface area (Å²) in [4.78, 5) is 0. The molecule has 0 aromatic carbocycles. The van der Waals surface area contributed by atoms with Crippen LogP contribution in [0.2, 0.25) is 0 Å². The zero-order chi connectivity index (χ0) is 7.94. The number of epoxide rings is 1. The van der Waals surface area contributed by atoms with Crippen molar-refractivity contribution in [2.45, 2.75) is 38.7 Å². The minimum Gasteiger partial charge on any atom is -0.379 e. The average molecular weight is 158 g/mol. The zero-order valence-electron chi connectivity index (χ0n) is 7.34. The van der Waals surface area contributed by atoms with Gasteiger partial charge in [0.1, 0.15) is 6.10 Å². The summed E-state index contributed by atoms with van der Waals surface area (Å²) in [7, 11) is 0. The highest BCUT2D eigenvalue weighted by Crippen LogP contribution is 2.08. The molecule has 0 saturated carbocycles. The first kappa shape index (κ1) is 9.01. The molecule has 1 atom stereocenters. The molecule has 0 N–H and O–H groups in total. The van der Waals surface area contributed by atoms with Crippen LogP contribution < -0.4 is 0 Å². The van der Waals surface area contributed by atoms with Crippen molar-refractivity contribution in [1.82, 2.24) is 0 Å². The lowest BCUT2D eigenvalue weighted by atomic mass is 10.2. The molecule has 1 aliphatic rings. The summed E-state index contributed by atoms with van der Waals surface area (Å²) >= 11 is 0. The summed E-state index contributed by atoms with van der Waals surface area (Å²) in [5.41, 5.74) is 0. The molecular weight excluding hydrogens is 140 g/mol. The van der Waals surface area contributed by atoms with Crippen LogP contribution in [0.4, 0.5) is 0 Å². The summed E-state index contributed by atoms with van der Waals surface area (Å²) in [5, 5.41) is 0. The van der Waals surface area contributed by atoms with Gasteiger partial charge in [-0.3, -0.25) is 0 Å². The van der Waals surface area contributed by atoms with E-state index in [1.807, 2.05) is 0 Å². The summed E-state index contributed by atoms with van der Waals surface area (Å²) in [6.07, 6.45) is 5.58. The first-order chi connectivity index (χ1) is 5.43. The van der Waals surface area contributed by atoms with Gasteiger partial charge in [-0.25, -0.2) is 0 Å². The maximum absolute atomic E-state index is 5.38. The second kappa shape index (κ2) is 5.56. The smallest absolute Gasteiger partial charge is 0.104 e. The normalized spacial score (nSPS) is 22.1. The molecule has 1 saturated heterocycles. The fraction of sp³-hybridized carbons (Fsp3) is 1.00. The van der Waals surface area contributed by atoms with Gasteiger partial charge >= 0.3 is 0 Å². The van der Waals surface area contributed by atoms with Gasteiger partial charge in [0, 0.05) is 6.61 Å². The standard InChI is InChI=1S/C9H18O2/c1-2-3-4-5-6-10-7-9-8-11-9/h9H,2-8H2,1H3. The molecule has 2 nitrogen and oxygen atoms in total. The van der Waals surface area contributed by atoms with E-state index in [1.54, 1.807) is 0 Å². The first-order valence-corrected chi connectivity index (χ1v) is 4.63. The minimum absolute atomic E-state index is 0.432. The Balaban J connectivity index is 1.66. The fourth-order valence-electron chi connectivity index (χ4n) is 1.01. The van der Waals surface area contributed by atoms with E-state index in [-0.39, 0.29) is 0 Å². The summed E-state index contributed by atoms with van der Waals surface area (Å²) in [5.74, 6) is 0. The van der Waals surface area contributed by atoms with Crippen molar-refractivity contribution in [3.63, 3.8) is 0 Å². The Hall–Kier alpha value is -0.0800. The Morgan fingerprint density at radius 1 is 1.36 bits per heavy atom. The topological polar surface area (TPSA) is 21.8 Å². The summed E-state index contributed by atoms with van der Waals surface area (Å²) < 4.78 is 10.4. The van der Waals surface area contributed by atoms with Crippen LogP contribution in [0.5, 0.6) is 0 Å². The monoisotopic (exact) mass is 158 g/mol. The molecule has 0 amide bonds. The highest BCUT2D eigenvalue weighted by Gasteiger charge is 2.21. The molecule has 0 aliphatic carbocycles. The van der Waals surface area contributed by atoms with E-state index in [0.717, 1.165) is 19.8 Å². The van der Waals surface area contributed by atoms with Crippen molar-refractivity contribution in [3.8, 4) is 0 Å². The molecule has 1 rings (SSSR count). The van der Waals surface area contributed by atoms with Gasteiger partial charge in [0.15, 0.2) is 0 Å². The van der Waals surface area contributed by atoms with Gasteiger partial charge in [0.2, 0.25) is 0 Å². The van der Waals surface area contributed by atoms with E-state index in [2.05, 4.69) is 6.92 Å². The number of hydrogen-bond donors (Lipinski definition) is 0. The molecule has 1 aliphatic heterocycles. The Morgan fingerprint density at radius 2 is 2.18 bits per heavy atom. The van der Waals surface area contributed by atoms with E-state index in [0.29, 0.717) is 6.10 Å². The fourth-order valence-corrected chi connectivity index (χ4v) is 1.01. The Kier molecular flexibility index (Phi) is 4.55.